The molecular formula is C23H23ClF3N3O7S. The fourth-order valence-electron chi connectivity index (χ4n) is 4.51. The van der Waals surface area contributed by atoms with Crippen molar-refractivity contribution in [2.45, 2.75) is 66.3 Å². The predicted molar refractivity (Wildman–Crippen MR) is 123 cm³/mol. The van der Waals surface area contributed by atoms with Crippen molar-refractivity contribution in [1.82, 2.24) is 10.2 Å². The van der Waals surface area contributed by atoms with E-state index in [1.54, 1.807) is 0 Å². The summed E-state index contributed by atoms with van der Waals surface area (Å²) >= 11 is 6.25. The largest absolute Gasteiger partial charge is 0.486 e. The smallest absolute Gasteiger partial charge is 0.410 e. The molecule has 2 saturated carbocycles. The fraction of sp³-hybridized carbons (Fsp3) is 0.609. The molecule has 4 aliphatic rings. The van der Waals surface area contributed by atoms with Crippen molar-refractivity contribution >= 4 is 33.4 Å². The highest BCUT2D eigenvalue weighted by molar-refractivity contribution is 7.92. The van der Waals surface area contributed by atoms with E-state index in [1.807, 2.05) is 6.07 Å². The van der Waals surface area contributed by atoms with Crippen LogP contribution in [0.25, 0.3) is 0 Å². The van der Waals surface area contributed by atoms with Crippen LogP contribution in [-0.2, 0) is 24.1 Å². The van der Waals surface area contributed by atoms with E-state index in [9.17, 15) is 36.4 Å². The van der Waals surface area contributed by atoms with Gasteiger partial charge in [-0.05, 0) is 37.8 Å². The molecular weight excluding hydrogens is 555 g/mol. The number of nitrogens with zero attached hydrogens (tertiary/aromatic N) is 2. The predicted octanol–water partition coefficient (Wildman–Crippen LogP) is 2.94. The Bertz CT molecular complexity index is 1300. The van der Waals surface area contributed by atoms with Gasteiger partial charge in [0, 0.05) is 19.0 Å². The van der Waals surface area contributed by atoms with Gasteiger partial charge in [0.25, 0.3) is 0 Å². The first-order valence-electron chi connectivity index (χ1n) is 11.9. The molecule has 0 radical (unpaired) electrons. The molecule has 0 bridgehead atoms. The van der Waals surface area contributed by atoms with E-state index in [4.69, 9.17) is 25.8 Å². The van der Waals surface area contributed by atoms with E-state index >= 15 is 0 Å². The first-order valence-corrected chi connectivity index (χ1v) is 13.8. The SMILES string of the molecule is N#CC1(NC(=O)O[C@H]2C[C@@H](S(=O)(=O)c3ccc(OC4COC4)cc3Cl)CN2C(=O)C2(C(F)(F)F)CC2)CC1. The van der Waals surface area contributed by atoms with Gasteiger partial charge in [-0.1, -0.05) is 11.6 Å². The number of hydrogen-bond acceptors (Lipinski definition) is 8. The van der Waals surface area contributed by atoms with Crippen molar-refractivity contribution in [3.8, 4) is 11.8 Å². The second-order valence-corrected chi connectivity index (χ2v) is 12.6. The van der Waals surface area contributed by atoms with Gasteiger partial charge >= 0.3 is 12.3 Å². The van der Waals surface area contributed by atoms with E-state index in [0.717, 1.165) is 0 Å². The average molecular weight is 578 g/mol. The average Bonchev–Trinajstić information content (AvgIpc) is 3.73. The number of nitrogens with one attached hydrogen (secondary N) is 1. The Morgan fingerprint density at radius 3 is 2.39 bits per heavy atom. The fourth-order valence-corrected chi connectivity index (χ4v) is 6.73. The zero-order valence-electron chi connectivity index (χ0n) is 19.8. The summed E-state index contributed by atoms with van der Waals surface area (Å²) < 4.78 is 84.0. The third kappa shape index (κ3) is 4.76. The van der Waals surface area contributed by atoms with Gasteiger partial charge in [0.05, 0.1) is 34.5 Å². The van der Waals surface area contributed by atoms with Gasteiger partial charge in [0.15, 0.2) is 16.1 Å². The lowest BCUT2D eigenvalue weighted by atomic mass is 10.1. The minimum Gasteiger partial charge on any atom is -0.486 e. The minimum absolute atomic E-state index is 0.165. The molecule has 4 fully saturated rings. The van der Waals surface area contributed by atoms with Crippen LogP contribution < -0.4 is 10.1 Å². The number of hydrogen-bond donors (Lipinski definition) is 1. The molecule has 1 aromatic carbocycles. The van der Waals surface area contributed by atoms with Crippen LogP contribution in [0.2, 0.25) is 5.02 Å². The van der Waals surface area contributed by atoms with Gasteiger partial charge in [-0.25, -0.2) is 13.2 Å². The number of carbonyl (C=O) groups excluding carboxylic acids is 2. The summed E-state index contributed by atoms with van der Waals surface area (Å²) in [4.78, 5) is 25.9. The number of nitriles is 1. The molecule has 2 aliphatic carbocycles. The number of alkyl carbamates (subject to hydrolysis) is 1. The second-order valence-electron chi connectivity index (χ2n) is 9.99. The molecule has 2 aliphatic heterocycles. The standard InChI is InChI=1S/C23H23ClF3N3O7S/c24-16-7-13(36-14-10-35-11-14)1-2-17(16)38(33,34)15-8-18(37-20(32)29-21(12-28)3-4-21)30(9-15)19(31)22(5-6-22)23(25,26)27/h1-2,7,14-15,18H,3-6,8-11H2,(H,29,32)/t15-,18+/m1/s1. The van der Waals surface area contributed by atoms with Crippen LogP contribution in [0.15, 0.2) is 23.1 Å². The number of amides is 2. The van der Waals surface area contributed by atoms with Crippen LogP contribution in [0.5, 0.6) is 5.75 Å². The Labute approximate surface area is 220 Å². The maximum atomic E-state index is 13.7. The lowest BCUT2D eigenvalue weighted by Gasteiger charge is -2.29. The molecule has 1 N–H and O–H groups in total. The number of halogens is 4. The van der Waals surface area contributed by atoms with Crippen molar-refractivity contribution in [3.05, 3.63) is 23.2 Å². The number of likely N-dealkylation sites (tertiary alicyclic amines) is 1. The summed E-state index contributed by atoms with van der Waals surface area (Å²) in [6.07, 6.45) is -8.37. The zero-order chi connectivity index (χ0) is 27.5. The summed E-state index contributed by atoms with van der Waals surface area (Å²) in [7, 11) is -4.28. The summed E-state index contributed by atoms with van der Waals surface area (Å²) in [6.45, 7) is 0.134. The van der Waals surface area contributed by atoms with E-state index < -0.39 is 76.3 Å². The van der Waals surface area contributed by atoms with Crippen molar-refractivity contribution in [2.75, 3.05) is 19.8 Å². The van der Waals surface area contributed by atoms with E-state index in [0.29, 0.717) is 36.7 Å². The Morgan fingerprint density at radius 2 is 1.89 bits per heavy atom. The maximum Gasteiger partial charge on any atom is 0.410 e. The van der Waals surface area contributed by atoms with Gasteiger partial charge in [-0.3, -0.25) is 4.79 Å². The molecule has 2 amide bonds. The van der Waals surface area contributed by atoms with Crippen molar-refractivity contribution in [2.24, 2.45) is 5.41 Å². The summed E-state index contributed by atoms with van der Waals surface area (Å²) in [5, 5.41) is 9.95. The monoisotopic (exact) mass is 577 g/mol. The van der Waals surface area contributed by atoms with Crippen molar-refractivity contribution in [1.29, 1.82) is 5.26 Å². The minimum atomic E-state index is -4.85. The summed E-state index contributed by atoms with van der Waals surface area (Å²) in [6, 6.07) is 5.85. The Kier molecular flexibility index (Phi) is 6.47. The number of carbonyl (C=O) groups is 2. The van der Waals surface area contributed by atoms with Crippen LogP contribution in [0.3, 0.4) is 0 Å². The number of sulfone groups is 1. The number of ether oxygens (including phenoxy) is 3. The number of rotatable bonds is 7. The van der Waals surface area contributed by atoms with E-state index in [1.165, 1.54) is 18.2 Å². The number of alkyl halides is 3. The maximum absolute atomic E-state index is 13.7. The molecule has 2 atom stereocenters. The molecule has 2 saturated heterocycles. The third-order valence-corrected chi connectivity index (χ3v) is 9.90. The quantitative estimate of drug-likeness (QED) is 0.523. The van der Waals surface area contributed by atoms with E-state index in [-0.39, 0.29) is 16.0 Å². The Hall–Kier alpha value is -2.76. The van der Waals surface area contributed by atoms with Gasteiger partial charge in [0.2, 0.25) is 5.91 Å². The van der Waals surface area contributed by atoms with Crippen LogP contribution in [0.1, 0.15) is 32.1 Å². The van der Waals surface area contributed by atoms with Crippen molar-refractivity contribution < 1.29 is 45.4 Å². The molecule has 0 unspecified atom stereocenters. The summed E-state index contributed by atoms with van der Waals surface area (Å²) in [5.41, 5.74) is -3.78. The molecule has 206 valence electrons. The van der Waals surface area contributed by atoms with Crippen LogP contribution >= 0.6 is 11.6 Å². The highest BCUT2D eigenvalue weighted by Gasteiger charge is 2.70. The molecule has 10 nitrogen and oxygen atoms in total. The van der Waals surface area contributed by atoms with Gasteiger partial charge < -0.3 is 24.4 Å². The second kappa shape index (κ2) is 9.17. The first-order chi connectivity index (χ1) is 17.8. The van der Waals surface area contributed by atoms with Crippen LogP contribution in [0, 0.1) is 16.7 Å². The molecule has 38 heavy (non-hydrogen) atoms. The lowest BCUT2D eigenvalue weighted by molar-refractivity contribution is -0.201. The topological polar surface area (TPSA) is 135 Å². The molecule has 2 heterocycles. The Morgan fingerprint density at radius 1 is 1.21 bits per heavy atom. The molecule has 5 rings (SSSR count). The highest BCUT2D eigenvalue weighted by Crippen LogP contribution is 2.59. The number of benzene rings is 1. The summed E-state index contributed by atoms with van der Waals surface area (Å²) in [5.74, 6) is -1.03. The van der Waals surface area contributed by atoms with Crippen molar-refractivity contribution in [3.63, 3.8) is 0 Å². The third-order valence-electron chi connectivity index (χ3n) is 7.28. The van der Waals surface area contributed by atoms with Crippen LogP contribution in [-0.4, -0.2) is 74.4 Å². The normalized spacial score (nSPS) is 25.6. The lowest BCUT2D eigenvalue weighted by Crippen LogP contribution is -2.49. The van der Waals surface area contributed by atoms with Gasteiger partial charge in [-0.15, -0.1) is 0 Å². The molecule has 0 aromatic heterocycles. The molecule has 1 aromatic rings. The first kappa shape index (κ1) is 26.8. The van der Waals surface area contributed by atoms with Gasteiger partial charge in [0.1, 0.15) is 22.8 Å². The molecule has 0 spiro atoms. The van der Waals surface area contributed by atoms with E-state index in [2.05, 4.69) is 5.32 Å². The zero-order valence-corrected chi connectivity index (χ0v) is 21.4. The van der Waals surface area contributed by atoms with Gasteiger partial charge in [-0.2, -0.15) is 18.4 Å². The highest BCUT2D eigenvalue weighted by atomic mass is 35.5. The Balaban J connectivity index is 1.38. The molecule has 15 heteroatoms. The van der Waals surface area contributed by atoms with Crippen LogP contribution in [0.4, 0.5) is 18.0 Å².